The molecule has 0 spiro atoms. The molecule has 0 heterocycles. The van der Waals surface area contributed by atoms with Crippen LogP contribution in [0.1, 0.15) is 37.5 Å². The number of hydrogen-bond acceptors (Lipinski definition) is 5. The van der Waals surface area contributed by atoms with Crippen LogP contribution in [0.4, 0.5) is 0 Å². The number of primary amides is 1. The van der Waals surface area contributed by atoms with Crippen molar-refractivity contribution in [3.05, 3.63) is 95.6 Å². The minimum Gasteiger partial charge on any atom is -0.485 e. The van der Waals surface area contributed by atoms with E-state index >= 15 is 0 Å². The summed E-state index contributed by atoms with van der Waals surface area (Å²) in [7, 11) is 0. The lowest BCUT2D eigenvalue weighted by atomic mass is 10.0. The van der Waals surface area contributed by atoms with Gasteiger partial charge in [-0.15, -0.1) is 0 Å². The first-order valence-electron chi connectivity index (χ1n) is 12.6. The van der Waals surface area contributed by atoms with Crippen LogP contribution in [0.2, 0.25) is 0 Å². The van der Waals surface area contributed by atoms with E-state index in [1.54, 1.807) is 12.1 Å². The van der Waals surface area contributed by atoms with E-state index in [1.807, 2.05) is 80.6 Å². The minimum absolute atomic E-state index is 0.145. The average molecular weight is 518 g/mol. The highest BCUT2D eigenvalue weighted by Gasteiger charge is 2.27. The number of rotatable bonds is 13. The lowest BCUT2D eigenvalue weighted by molar-refractivity contribution is -0.131. The summed E-state index contributed by atoms with van der Waals surface area (Å²) in [6.45, 7) is 5.65. The Morgan fingerprint density at radius 1 is 0.763 bits per heavy atom. The summed E-state index contributed by atoms with van der Waals surface area (Å²) in [5, 5.41) is 5.31. The lowest BCUT2D eigenvalue weighted by Gasteiger charge is -2.24. The molecule has 0 saturated carbocycles. The average Bonchev–Trinajstić information content (AvgIpc) is 2.90. The number of nitrogens with two attached hydrogens (primary N) is 1. The second-order valence-corrected chi connectivity index (χ2v) is 9.42. The van der Waals surface area contributed by atoms with Crippen LogP contribution in [-0.4, -0.2) is 29.8 Å². The zero-order chi connectivity index (χ0) is 27.5. The van der Waals surface area contributed by atoms with Crippen molar-refractivity contribution in [2.24, 2.45) is 11.7 Å². The number of nitrogens with one attached hydrogen (secondary N) is 2. The minimum atomic E-state index is -0.976. The first kappa shape index (κ1) is 28.2. The Balaban J connectivity index is 1.79. The number of hydrogen-bond donors (Lipinski definition) is 3. The summed E-state index contributed by atoms with van der Waals surface area (Å²) in [6, 6.07) is 23.2. The molecule has 38 heavy (non-hydrogen) atoms. The maximum Gasteiger partial charge on any atom is 0.243 e. The quantitative estimate of drug-likeness (QED) is 0.321. The van der Waals surface area contributed by atoms with E-state index in [4.69, 9.17) is 15.2 Å². The fraction of sp³-hybridized carbons (Fsp3) is 0.300. The Hall–Kier alpha value is -4.33. The summed E-state index contributed by atoms with van der Waals surface area (Å²) in [4.78, 5) is 36.6. The van der Waals surface area contributed by atoms with Crippen molar-refractivity contribution in [1.82, 2.24) is 10.6 Å². The van der Waals surface area contributed by atoms with Gasteiger partial charge in [0.25, 0.3) is 0 Å². The summed E-state index contributed by atoms with van der Waals surface area (Å²) in [5.41, 5.74) is 8.36. The monoisotopic (exact) mass is 517 g/mol. The van der Waals surface area contributed by atoms with Gasteiger partial charge < -0.3 is 25.8 Å². The largest absolute Gasteiger partial charge is 0.485 e. The van der Waals surface area contributed by atoms with Gasteiger partial charge in [-0.25, -0.2) is 0 Å². The second-order valence-electron chi connectivity index (χ2n) is 9.42. The Bertz CT molecular complexity index is 1220. The van der Waals surface area contributed by atoms with Crippen LogP contribution < -0.4 is 25.8 Å². The van der Waals surface area contributed by atoms with Crippen LogP contribution in [-0.2, 0) is 34.0 Å². The maximum atomic E-state index is 12.8. The van der Waals surface area contributed by atoms with E-state index in [9.17, 15) is 14.4 Å². The number of carbonyl (C=O) groups excluding carboxylic acids is 3. The molecule has 0 bridgehead atoms. The molecule has 0 saturated heterocycles. The highest BCUT2D eigenvalue weighted by atomic mass is 16.5. The molecule has 8 heteroatoms. The molecule has 3 aromatic rings. The molecule has 0 aliphatic heterocycles. The fourth-order valence-corrected chi connectivity index (χ4v) is 3.86. The number of carbonyl (C=O) groups is 3. The molecule has 3 rings (SSSR count). The van der Waals surface area contributed by atoms with Gasteiger partial charge >= 0.3 is 0 Å². The Labute approximate surface area is 223 Å². The van der Waals surface area contributed by atoms with Gasteiger partial charge in [-0.3, -0.25) is 14.4 Å². The smallest absolute Gasteiger partial charge is 0.243 e. The first-order chi connectivity index (χ1) is 18.2. The normalized spacial score (nSPS) is 12.3. The summed E-state index contributed by atoms with van der Waals surface area (Å²) < 4.78 is 12.2. The van der Waals surface area contributed by atoms with Crippen molar-refractivity contribution in [2.45, 2.75) is 52.5 Å². The molecule has 3 amide bonds. The second kappa shape index (κ2) is 13.8. The summed E-state index contributed by atoms with van der Waals surface area (Å²) in [5.74, 6) is -0.594. The molecule has 200 valence electrons. The lowest BCUT2D eigenvalue weighted by Crippen LogP contribution is -2.55. The van der Waals surface area contributed by atoms with Crippen LogP contribution in [0.25, 0.3) is 0 Å². The Morgan fingerprint density at radius 2 is 1.32 bits per heavy atom. The van der Waals surface area contributed by atoms with Crippen molar-refractivity contribution in [3.8, 4) is 11.5 Å². The van der Waals surface area contributed by atoms with Crippen LogP contribution in [0.15, 0.2) is 78.9 Å². The molecule has 0 unspecified atom stereocenters. The molecule has 0 fully saturated rings. The fourth-order valence-electron chi connectivity index (χ4n) is 3.86. The zero-order valence-corrected chi connectivity index (χ0v) is 22.0. The highest BCUT2D eigenvalue weighted by Crippen LogP contribution is 2.30. The summed E-state index contributed by atoms with van der Waals surface area (Å²) in [6.07, 6.45) is 0.145. The van der Waals surface area contributed by atoms with Crippen molar-refractivity contribution >= 4 is 17.7 Å². The molecule has 0 aromatic heterocycles. The molecule has 3 aromatic carbocycles. The first-order valence-corrected chi connectivity index (χ1v) is 12.6. The van der Waals surface area contributed by atoms with Crippen LogP contribution in [0, 0.1) is 5.92 Å². The molecule has 0 radical (unpaired) electrons. The van der Waals surface area contributed by atoms with E-state index in [2.05, 4.69) is 10.6 Å². The van der Waals surface area contributed by atoms with Gasteiger partial charge in [-0.05, 0) is 34.7 Å². The van der Waals surface area contributed by atoms with Crippen LogP contribution in [0.3, 0.4) is 0 Å². The molecular formula is C30H35N3O5. The van der Waals surface area contributed by atoms with Gasteiger partial charge in [-0.1, -0.05) is 80.6 Å². The molecule has 8 nitrogen and oxygen atoms in total. The van der Waals surface area contributed by atoms with Crippen molar-refractivity contribution in [3.63, 3.8) is 0 Å². The third kappa shape index (κ3) is 8.65. The van der Waals surface area contributed by atoms with E-state index < -0.39 is 23.9 Å². The third-order valence-corrected chi connectivity index (χ3v) is 5.89. The van der Waals surface area contributed by atoms with E-state index in [0.29, 0.717) is 24.7 Å². The van der Waals surface area contributed by atoms with Crippen molar-refractivity contribution < 1.29 is 23.9 Å². The predicted molar refractivity (Wildman–Crippen MR) is 145 cm³/mol. The number of benzene rings is 3. The van der Waals surface area contributed by atoms with Crippen molar-refractivity contribution in [1.29, 1.82) is 0 Å². The SMILES string of the molecule is CC(=O)N[C@@H](C(=O)N[C@H](Cc1ccc(OCc2ccccc2)c(OCc2ccccc2)c1)C(N)=O)C(C)C. The molecule has 2 atom stereocenters. The number of amides is 3. The molecule has 0 aliphatic rings. The zero-order valence-electron chi connectivity index (χ0n) is 22.0. The van der Waals surface area contributed by atoms with Gasteiger partial charge in [0, 0.05) is 13.3 Å². The summed E-state index contributed by atoms with van der Waals surface area (Å²) >= 11 is 0. The predicted octanol–water partition coefficient (Wildman–Crippen LogP) is 3.52. The van der Waals surface area contributed by atoms with Crippen molar-refractivity contribution in [2.75, 3.05) is 0 Å². The van der Waals surface area contributed by atoms with E-state index in [0.717, 1.165) is 16.7 Å². The van der Waals surface area contributed by atoms with Gasteiger partial charge in [0.05, 0.1) is 0 Å². The van der Waals surface area contributed by atoms with Crippen LogP contribution >= 0.6 is 0 Å². The maximum absolute atomic E-state index is 12.8. The van der Waals surface area contributed by atoms with E-state index in [-0.39, 0.29) is 18.2 Å². The number of ether oxygens (including phenoxy) is 2. The highest BCUT2D eigenvalue weighted by molar-refractivity contribution is 5.91. The molecule has 4 N–H and O–H groups in total. The molecule has 0 aliphatic carbocycles. The van der Waals surface area contributed by atoms with E-state index in [1.165, 1.54) is 6.92 Å². The van der Waals surface area contributed by atoms with Gasteiger partial charge in [0.15, 0.2) is 11.5 Å². The topological polar surface area (TPSA) is 120 Å². The third-order valence-electron chi connectivity index (χ3n) is 5.89. The van der Waals surface area contributed by atoms with Gasteiger partial charge in [0.1, 0.15) is 25.3 Å². The Kier molecular flexibility index (Phi) is 10.3. The molecular weight excluding hydrogens is 482 g/mol. The van der Waals surface area contributed by atoms with Crippen LogP contribution in [0.5, 0.6) is 11.5 Å². The standard InChI is InChI=1S/C30H35N3O5/c1-20(2)28(32-21(3)34)30(36)33-25(29(31)35)16-24-14-15-26(37-18-22-10-6-4-7-11-22)27(17-24)38-19-23-12-8-5-9-13-23/h4-15,17,20,25,28H,16,18-19H2,1-3H3,(H2,31,35)(H,32,34)(H,33,36)/t25-,28-/m1/s1. The Morgan fingerprint density at radius 3 is 1.82 bits per heavy atom. The van der Waals surface area contributed by atoms with Gasteiger partial charge in [0.2, 0.25) is 17.7 Å². The van der Waals surface area contributed by atoms with Gasteiger partial charge in [-0.2, -0.15) is 0 Å².